The summed E-state index contributed by atoms with van der Waals surface area (Å²) in [5.41, 5.74) is 0.342. The largest absolute Gasteiger partial charge is 0.391 e. The van der Waals surface area contributed by atoms with Crippen LogP contribution in [0.2, 0.25) is 5.02 Å². The van der Waals surface area contributed by atoms with Crippen LogP contribution in [0, 0.1) is 11.7 Å². The number of unbranched alkanes of at least 4 members (excludes halogenated alkanes) is 2. The highest BCUT2D eigenvalue weighted by Crippen LogP contribution is 2.29. The van der Waals surface area contributed by atoms with E-state index in [2.05, 4.69) is 24.7 Å². The zero-order chi connectivity index (χ0) is 20.9. The molecule has 0 spiro atoms. The van der Waals surface area contributed by atoms with E-state index >= 15 is 0 Å². The maximum atomic E-state index is 14.4. The number of aromatic nitrogens is 2. The molecule has 8 nitrogen and oxygen atoms in total. The molecule has 0 aliphatic carbocycles. The number of aliphatic hydroxyl groups is 1. The number of hydrogen-bond donors (Lipinski definition) is 4. The molecule has 160 valence electrons. The minimum absolute atomic E-state index is 0.0450. The average molecular weight is 464 g/mol. The third-order valence-corrected chi connectivity index (χ3v) is 7.14. The number of aliphatic hydroxyl groups excluding tert-OH is 1. The fourth-order valence-electron chi connectivity index (χ4n) is 3.20. The van der Waals surface area contributed by atoms with Crippen LogP contribution in [0.3, 0.4) is 0 Å². The number of benzene rings is 1. The average Bonchev–Trinajstić information content (AvgIpc) is 3.31. The number of anilines is 2. The van der Waals surface area contributed by atoms with Crippen LogP contribution in [-0.2, 0) is 10.0 Å². The van der Waals surface area contributed by atoms with Gasteiger partial charge >= 0.3 is 0 Å². The first-order valence-corrected chi connectivity index (χ1v) is 11.9. The fraction of sp³-hybridized carbons (Fsp3) is 0.529. The van der Waals surface area contributed by atoms with Gasteiger partial charge in [-0.2, -0.15) is 4.37 Å². The summed E-state index contributed by atoms with van der Waals surface area (Å²) in [5, 5.41) is 16.1. The van der Waals surface area contributed by atoms with Crippen LogP contribution in [0.15, 0.2) is 23.4 Å². The lowest BCUT2D eigenvalue weighted by molar-refractivity contribution is 0.141. The molecule has 0 amide bonds. The summed E-state index contributed by atoms with van der Waals surface area (Å²) in [4.78, 5) is 3.17. The van der Waals surface area contributed by atoms with Gasteiger partial charge in [0.25, 0.3) is 10.0 Å². The van der Waals surface area contributed by atoms with E-state index in [9.17, 15) is 17.9 Å². The molecule has 0 radical (unpaired) electrons. The Morgan fingerprint density at radius 3 is 2.83 bits per heavy atom. The first-order chi connectivity index (χ1) is 13.9. The molecular weight excluding hydrogens is 441 g/mol. The van der Waals surface area contributed by atoms with Crippen molar-refractivity contribution in [3.8, 4) is 0 Å². The maximum Gasteiger partial charge on any atom is 0.266 e. The molecule has 29 heavy (non-hydrogen) atoms. The third kappa shape index (κ3) is 5.98. The Hall–Kier alpha value is -1.53. The Bertz CT molecular complexity index is 914. The van der Waals surface area contributed by atoms with E-state index in [1.54, 1.807) is 0 Å². The smallest absolute Gasteiger partial charge is 0.266 e. The lowest BCUT2D eigenvalue weighted by atomic mass is 9.98. The predicted octanol–water partition coefficient (Wildman–Crippen LogP) is 2.68. The van der Waals surface area contributed by atoms with Crippen molar-refractivity contribution < 1.29 is 17.9 Å². The minimum Gasteiger partial charge on any atom is -0.391 e. The van der Waals surface area contributed by atoms with Gasteiger partial charge < -0.3 is 15.7 Å². The number of β-amino-alcohol motifs (C(OH)–C–C–N with tert-alkyl or cyclic N) is 1. The molecule has 0 unspecified atom stereocenters. The van der Waals surface area contributed by atoms with Crippen molar-refractivity contribution in [1.29, 1.82) is 0 Å². The van der Waals surface area contributed by atoms with Gasteiger partial charge in [0.15, 0.2) is 0 Å². The van der Waals surface area contributed by atoms with Crippen molar-refractivity contribution in [2.75, 3.05) is 29.7 Å². The van der Waals surface area contributed by atoms with Crippen LogP contribution in [0.25, 0.3) is 0 Å². The second-order valence-corrected chi connectivity index (χ2v) is 9.71. The van der Waals surface area contributed by atoms with E-state index in [1.807, 2.05) is 0 Å². The van der Waals surface area contributed by atoms with Gasteiger partial charge in [0.2, 0.25) is 5.13 Å². The molecule has 1 aliphatic heterocycles. The molecule has 3 rings (SSSR count). The molecule has 1 saturated heterocycles. The van der Waals surface area contributed by atoms with Crippen LogP contribution < -0.4 is 15.4 Å². The Labute approximate surface area is 178 Å². The monoisotopic (exact) mass is 463 g/mol. The molecule has 2 heterocycles. The van der Waals surface area contributed by atoms with E-state index in [0.717, 1.165) is 55.9 Å². The van der Waals surface area contributed by atoms with E-state index in [0.29, 0.717) is 24.7 Å². The van der Waals surface area contributed by atoms with Crippen molar-refractivity contribution in [2.45, 2.75) is 36.7 Å². The topological polar surface area (TPSA) is 116 Å². The van der Waals surface area contributed by atoms with E-state index < -0.39 is 20.7 Å². The molecule has 2 aromatic rings. The molecule has 0 saturated carbocycles. The Morgan fingerprint density at radius 1 is 1.31 bits per heavy atom. The lowest BCUT2D eigenvalue weighted by Crippen LogP contribution is -2.17. The van der Waals surface area contributed by atoms with Gasteiger partial charge in [-0.25, -0.2) is 17.8 Å². The minimum atomic E-state index is -4.15. The summed E-state index contributed by atoms with van der Waals surface area (Å²) in [7, 11) is -4.15. The molecule has 1 aromatic carbocycles. The molecule has 0 bridgehead atoms. The first kappa shape index (κ1) is 22.2. The second kappa shape index (κ2) is 9.98. The lowest BCUT2D eigenvalue weighted by Gasteiger charge is -2.13. The van der Waals surface area contributed by atoms with Crippen LogP contribution in [0.1, 0.15) is 25.7 Å². The third-order valence-electron chi connectivity index (χ3n) is 4.77. The molecule has 1 aromatic heterocycles. The number of nitrogens with one attached hydrogen (secondary N) is 3. The summed E-state index contributed by atoms with van der Waals surface area (Å²) in [6.07, 6.45) is 4.73. The summed E-state index contributed by atoms with van der Waals surface area (Å²) in [6, 6.07) is 2.16. The Kier molecular flexibility index (Phi) is 7.63. The SMILES string of the molecule is O=S(=O)(Nc1ncns1)c1cc(Cl)c(NCCCCC[C@@H]2CNC[C@H]2O)cc1F. The summed E-state index contributed by atoms with van der Waals surface area (Å²) in [5.74, 6) is -0.591. The fourth-order valence-corrected chi connectivity index (χ4v) is 5.25. The predicted molar refractivity (Wildman–Crippen MR) is 111 cm³/mol. The quantitative estimate of drug-likeness (QED) is 0.400. The van der Waals surface area contributed by atoms with Crippen LogP contribution in [0.5, 0.6) is 0 Å². The van der Waals surface area contributed by atoms with Gasteiger partial charge in [0, 0.05) is 31.2 Å². The van der Waals surface area contributed by atoms with Gasteiger partial charge in [-0.15, -0.1) is 0 Å². The van der Waals surface area contributed by atoms with E-state index in [1.165, 1.54) is 6.33 Å². The molecular formula is C17H23ClFN5O3S2. The summed E-state index contributed by atoms with van der Waals surface area (Å²) < 4.78 is 44.9. The van der Waals surface area contributed by atoms with Crippen LogP contribution in [0.4, 0.5) is 15.2 Å². The van der Waals surface area contributed by atoms with Crippen molar-refractivity contribution >= 4 is 44.0 Å². The van der Waals surface area contributed by atoms with E-state index in [4.69, 9.17) is 11.6 Å². The van der Waals surface area contributed by atoms with Gasteiger partial charge in [-0.05, 0) is 30.9 Å². The van der Waals surface area contributed by atoms with Crippen molar-refractivity contribution in [1.82, 2.24) is 14.7 Å². The number of hydrogen-bond acceptors (Lipinski definition) is 8. The van der Waals surface area contributed by atoms with Crippen molar-refractivity contribution in [2.24, 2.45) is 5.92 Å². The molecule has 2 atom stereocenters. The highest BCUT2D eigenvalue weighted by molar-refractivity contribution is 7.93. The zero-order valence-corrected chi connectivity index (χ0v) is 18.0. The second-order valence-electron chi connectivity index (χ2n) is 6.88. The highest BCUT2D eigenvalue weighted by atomic mass is 35.5. The van der Waals surface area contributed by atoms with Crippen LogP contribution >= 0.6 is 23.1 Å². The summed E-state index contributed by atoms with van der Waals surface area (Å²) >= 11 is 7.00. The number of sulfonamides is 1. The summed E-state index contributed by atoms with van der Waals surface area (Å²) in [6.45, 7) is 2.11. The normalized spacial score (nSPS) is 19.4. The molecule has 4 N–H and O–H groups in total. The zero-order valence-electron chi connectivity index (χ0n) is 15.6. The van der Waals surface area contributed by atoms with Crippen molar-refractivity contribution in [3.63, 3.8) is 0 Å². The number of nitrogens with zero attached hydrogens (tertiary/aromatic N) is 2. The Balaban J connectivity index is 1.50. The van der Waals surface area contributed by atoms with Crippen molar-refractivity contribution in [3.05, 3.63) is 29.3 Å². The number of halogens is 2. The molecule has 1 fully saturated rings. The van der Waals surface area contributed by atoms with Gasteiger partial charge in [-0.3, -0.25) is 4.72 Å². The standard InChI is InChI=1S/C17H23ClFN5O3S2/c18-12-6-16(29(26,27)24-17-22-10-23-28-17)13(19)7-14(12)21-5-3-1-2-4-11-8-20-9-15(11)25/h6-7,10-11,15,20-21,25H,1-5,8-9H2,(H,22,23,24)/t11-,15-/m1/s1. The van der Waals surface area contributed by atoms with Gasteiger partial charge in [0.1, 0.15) is 17.0 Å². The Morgan fingerprint density at radius 2 is 2.14 bits per heavy atom. The number of rotatable bonds is 10. The first-order valence-electron chi connectivity index (χ1n) is 9.28. The van der Waals surface area contributed by atoms with E-state index in [-0.39, 0.29) is 16.3 Å². The highest BCUT2D eigenvalue weighted by Gasteiger charge is 2.24. The maximum absolute atomic E-state index is 14.4. The van der Waals surface area contributed by atoms with Crippen LogP contribution in [-0.4, -0.2) is 48.6 Å². The van der Waals surface area contributed by atoms with Gasteiger partial charge in [0.05, 0.1) is 16.8 Å². The molecule has 12 heteroatoms. The molecule has 1 aliphatic rings. The van der Waals surface area contributed by atoms with Gasteiger partial charge in [-0.1, -0.05) is 24.4 Å².